The van der Waals surface area contributed by atoms with Crippen molar-refractivity contribution in [3.05, 3.63) is 83.2 Å². The van der Waals surface area contributed by atoms with Crippen LogP contribution in [0, 0.1) is 0 Å². The number of rotatable bonds is 8. The van der Waals surface area contributed by atoms with Gasteiger partial charge in [-0.15, -0.1) is 0 Å². The predicted octanol–water partition coefficient (Wildman–Crippen LogP) is 6.18. The number of aryl methyl sites for hydroxylation is 3. The highest BCUT2D eigenvalue weighted by molar-refractivity contribution is 5.27. The molecule has 166 valence electrons. The number of nitrogens with zero attached hydrogens (tertiary/aromatic N) is 2. The molecule has 9 heteroatoms. The van der Waals surface area contributed by atoms with Crippen molar-refractivity contribution < 1.29 is 31.1 Å². The van der Waals surface area contributed by atoms with Gasteiger partial charge in [-0.2, -0.15) is 31.4 Å². The first-order valence-corrected chi connectivity index (χ1v) is 9.61. The van der Waals surface area contributed by atoms with Crippen LogP contribution in [0.1, 0.15) is 28.9 Å². The molecule has 2 aromatic carbocycles. The van der Waals surface area contributed by atoms with E-state index in [4.69, 9.17) is 4.74 Å². The zero-order valence-electron chi connectivity index (χ0n) is 16.4. The highest BCUT2D eigenvalue weighted by Crippen LogP contribution is 2.35. The van der Waals surface area contributed by atoms with Gasteiger partial charge in [-0.3, -0.25) is 4.68 Å². The molecular formula is C22H20F6N2O. The molecule has 0 bridgehead atoms. The molecule has 0 unspecified atom stereocenters. The van der Waals surface area contributed by atoms with Gasteiger partial charge in [0.2, 0.25) is 0 Å². The van der Waals surface area contributed by atoms with Crippen molar-refractivity contribution in [3.63, 3.8) is 0 Å². The second kappa shape index (κ2) is 9.45. The lowest BCUT2D eigenvalue weighted by Crippen LogP contribution is -2.16. The second-order valence-electron chi connectivity index (χ2n) is 6.97. The van der Waals surface area contributed by atoms with E-state index in [1.807, 2.05) is 30.3 Å². The number of aromatic nitrogens is 2. The summed E-state index contributed by atoms with van der Waals surface area (Å²) in [6, 6.07) is 16.7. The van der Waals surface area contributed by atoms with Crippen molar-refractivity contribution in [2.24, 2.45) is 0 Å². The molecule has 0 aliphatic rings. The molecular weight excluding hydrogens is 422 g/mol. The van der Waals surface area contributed by atoms with Gasteiger partial charge in [-0.1, -0.05) is 42.5 Å². The van der Waals surface area contributed by atoms with Gasteiger partial charge in [0.05, 0.1) is 6.61 Å². The molecule has 0 amide bonds. The lowest BCUT2D eigenvalue weighted by atomic mass is 10.1. The Hall–Kier alpha value is -2.97. The Kier molecular flexibility index (Phi) is 6.92. The minimum Gasteiger partial charge on any atom is -0.494 e. The first-order valence-electron chi connectivity index (χ1n) is 9.61. The molecule has 0 radical (unpaired) electrons. The van der Waals surface area contributed by atoms with E-state index in [2.05, 4.69) is 5.10 Å². The van der Waals surface area contributed by atoms with Crippen LogP contribution in [0.5, 0.6) is 5.75 Å². The van der Waals surface area contributed by atoms with Crippen molar-refractivity contribution in [2.45, 2.75) is 38.2 Å². The van der Waals surface area contributed by atoms with Crippen LogP contribution in [0.2, 0.25) is 0 Å². The molecule has 3 nitrogen and oxygen atoms in total. The maximum absolute atomic E-state index is 13.0. The molecule has 3 rings (SSSR count). The minimum atomic E-state index is -4.94. The summed E-state index contributed by atoms with van der Waals surface area (Å²) in [6.07, 6.45) is -8.06. The molecule has 0 saturated heterocycles. The van der Waals surface area contributed by atoms with Gasteiger partial charge < -0.3 is 4.74 Å². The van der Waals surface area contributed by atoms with Crippen molar-refractivity contribution in [1.29, 1.82) is 0 Å². The molecule has 0 saturated carbocycles. The summed E-state index contributed by atoms with van der Waals surface area (Å²) in [4.78, 5) is 0. The number of halogens is 6. The zero-order chi connectivity index (χ0) is 22.5. The highest BCUT2D eigenvalue weighted by Gasteiger charge is 2.41. The molecule has 1 aromatic heterocycles. The van der Waals surface area contributed by atoms with Gasteiger partial charge in [0.15, 0.2) is 5.69 Å². The van der Waals surface area contributed by atoms with Crippen molar-refractivity contribution in [1.82, 2.24) is 9.78 Å². The second-order valence-corrected chi connectivity index (χ2v) is 6.97. The van der Waals surface area contributed by atoms with Gasteiger partial charge >= 0.3 is 12.4 Å². The lowest BCUT2D eigenvalue weighted by molar-refractivity contribution is -0.144. The summed E-state index contributed by atoms with van der Waals surface area (Å²) in [5.74, 6) is 0.617. The van der Waals surface area contributed by atoms with E-state index in [-0.39, 0.29) is 19.0 Å². The standard InChI is InChI=1S/C22H20F6N2O/c23-21(24,25)19-15-20(22(26,27)28)30(29-19)13-12-17-8-10-18(11-9-17)31-14-4-7-16-5-2-1-3-6-16/h1-3,5-6,8-11,15H,4,7,12-14H2. The summed E-state index contributed by atoms with van der Waals surface area (Å²) < 4.78 is 83.4. The fraction of sp³-hybridized carbons (Fsp3) is 0.318. The van der Waals surface area contributed by atoms with E-state index in [1.165, 1.54) is 5.56 Å². The van der Waals surface area contributed by atoms with E-state index < -0.39 is 23.7 Å². The molecule has 0 aliphatic heterocycles. The SMILES string of the molecule is FC(F)(F)c1cc(C(F)(F)F)n(CCc2ccc(OCCCc3ccccc3)cc2)n1. The van der Waals surface area contributed by atoms with Gasteiger partial charge in [0.25, 0.3) is 0 Å². The molecule has 0 spiro atoms. The van der Waals surface area contributed by atoms with E-state index >= 15 is 0 Å². The van der Waals surface area contributed by atoms with E-state index in [9.17, 15) is 26.3 Å². The van der Waals surface area contributed by atoms with Crippen molar-refractivity contribution in [2.75, 3.05) is 6.61 Å². The van der Waals surface area contributed by atoms with Crippen LogP contribution < -0.4 is 4.74 Å². The quantitative estimate of drug-likeness (QED) is 0.308. The Morgan fingerprint density at radius 1 is 0.774 bits per heavy atom. The maximum Gasteiger partial charge on any atom is 0.435 e. The number of ether oxygens (including phenoxy) is 1. The van der Waals surface area contributed by atoms with Crippen LogP contribution in [-0.2, 0) is 31.7 Å². The third-order valence-corrected chi connectivity index (χ3v) is 4.62. The summed E-state index contributed by atoms with van der Waals surface area (Å²) in [7, 11) is 0. The normalized spacial score (nSPS) is 12.2. The molecule has 1 heterocycles. The third kappa shape index (κ3) is 6.50. The topological polar surface area (TPSA) is 27.1 Å². The van der Waals surface area contributed by atoms with Gasteiger partial charge in [-0.05, 0) is 42.5 Å². The Morgan fingerprint density at radius 3 is 2.03 bits per heavy atom. The predicted molar refractivity (Wildman–Crippen MR) is 103 cm³/mol. The minimum absolute atomic E-state index is 0.0341. The van der Waals surface area contributed by atoms with E-state index in [0.29, 0.717) is 22.6 Å². The first-order chi connectivity index (χ1) is 14.6. The highest BCUT2D eigenvalue weighted by atomic mass is 19.4. The lowest BCUT2D eigenvalue weighted by Gasteiger charge is -2.11. The zero-order valence-corrected chi connectivity index (χ0v) is 16.4. The van der Waals surface area contributed by atoms with Crippen LogP contribution in [-0.4, -0.2) is 16.4 Å². The van der Waals surface area contributed by atoms with Gasteiger partial charge in [0.1, 0.15) is 11.4 Å². The molecule has 3 aromatic rings. The fourth-order valence-electron chi connectivity index (χ4n) is 3.05. The molecule has 0 fully saturated rings. The number of alkyl halides is 6. The van der Waals surface area contributed by atoms with Gasteiger partial charge in [0, 0.05) is 12.6 Å². The Balaban J connectivity index is 1.54. The van der Waals surface area contributed by atoms with Crippen LogP contribution in [0.4, 0.5) is 26.3 Å². The van der Waals surface area contributed by atoms with Crippen LogP contribution in [0.15, 0.2) is 60.7 Å². The fourth-order valence-corrected chi connectivity index (χ4v) is 3.05. The average molecular weight is 442 g/mol. The maximum atomic E-state index is 13.0. The number of benzene rings is 2. The third-order valence-electron chi connectivity index (χ3n) is 4.62. The summed E-state index contributed by atoms with van der Waals surface area (Å²) >= 11 is 0. The largest absolute Gasteiger partial charge is 0.494 e. The van der Waals surface area contributed by atoms with E-state index in [0.717, 1.165) is 12.8 Å². The summed E-state index contributed by atoms with van der Waals surface area (Å²) in [5.41, 5.74) is -1.10. The smallest absolute Gasteiger partial charge is 0.435 e. The molecule has 31 heavy (non-hydrogen) atoms. The summed E-state index contributed by atoms with van der Waals surface area (Å²) in [5, 5.41) is 3.10. The Morgan fingerprint density at radius 2 is 1.42 bits per heavy atom. The molecule has 0 atom stereocenters. The number of hydrogen-bond acceptors (Lipinski definition) is 2. The van der Waals surface area contributed by atoms with Crippen LogP contribution in [0.3, 0.4) is 0 Å². The number of hydrogen-bond donors (Lipinski definition) is 0. The summed E-state index contributed by atoms with van der Waals surface area (Å²) in [6.45, 7) is 0.179. The Labute approximate surface area is 175 Å². The van der Waals surface area contributed by atoms with Crippen LogP contribution >= 0.6 is 0 Å². The molecule has 0 aliphatic carbocycles. The van der Waals surface area contributed by atoms with E-state index in [1.54, 1.807) is 24.3 Å². The monoisotopic (exact) mass is 442 g/mol. The van der Waals surface area contributed by atoms with Gasteiger partial charge in [-0.25, -0.2) is 0 Å². The first kappa shape index (κ1) is 22.7. The van der Waals surface area contributed by atoms with Crippen molar-refractivity contribution >= 4 is 0 Å². The average Bonchev–Trinajstić information content (AvgIpc) is 3.17. The van der Waals surface area contributed by atoms with Crippen molar-refractivity contribution in [3.8, 4) is 5.75 Å². The molecule has 0 N–H and O–H groups in total. The Bertz CT molecular complexity index is 962. The van der Waals surface area contributed by atoms with Crippen LogP contribution in [0.25, 0.3) is 0 Å².